The highest BCUT2D eigenvalue weighted by molar-refractivity contribution is 4.58. The second-order valence-corrected chi connectivity index (χ2v) is 3.87. The lowest BCUT2D eigenvalue weighted by molar-refractivity contribution is 0.520. The van der Waals surface area contributed by atoms with E-state index >= 15 is 0 Å². The van der Waals surface area contributed by atoms with Crippen LogP contribution in [0.4, 0.5) is 0 Å². The molecule has 0 atom stereocenters. The summed E-state index contributed by atoms with van der Waals surface area (Å²) in [6.07, 6.45) is 4.46. The Morgan fingerprint density at radius 2 is 2.13 bits per heavy atom. The zero-order valence-corrected chi connectivity index (χ0v) is 9.61. The normalized spacial score (nSPS) is 11.1. The van der Waals surface area contributed by atoms with Crippen LogP contribution < -0.4 is 10.6 Å². The first-order chi connectivity index (χ1) is 7.29. The van der Waals surface area contributed by atoms with Gasteiger partial charge in [-0.05, 0) is 19.5 Å². The zero-order valence-electron chi connectivity index (χ0n) is 9.61. The van der Waals surface area contributed by atoms with Gasteiger partial charge in [-0.3, -0.25) is 4.68 Å². The van der Waals surface area contributed by atoms with Gasteiger partial charge < -0.3 is 10.6 Å². The molecule has 1 heterocycles. The molecule has 1 aromatic heterocycles. The van der Waals surface area contributed by atoms with Crippen LogP contribution in [0.3, 0.4) is 0 Å². The van der Waals surface area contributed by atoms with Gasteiger partial charge in [0, 0.05) is 12.6 Å². The van der Waals surface area contributed by atoms with Crippen LogP contribution in [0.25, 0.3) is 0 Å². The molecule has 0 aliphatic carbocycles. The second-order valence-electron chi connectivity index (χ2n) is 3.87. The average molecular weight is 211 g/mol. The van der Waals surface area contributed by atoms with E-state index in [9.17, 15) is 0 Å². The third-order valence-electron chi connectivity index (χ3n) is 2.07. The van der Waals surface area contributed by atoms with Crippen LogP contribution in [-0.4, -0.2) is 40.4 Å². The van der Waals surface area contributed by atoms with E-state index in [0.29, 0.717) is 6.04 Å². The van der Waals surface area contributed by atoms with Gasteiger partial charge >= 0.3 is 0 Å². The van der Waals surface area contributed by atoms with Crippen LogP contribution in [0.15, 0.2) is 12.7 Å². The van der Waals surface area contributed by atoms with Gasteiger partial charge in [0.15, 0.2) is 0 Å². The Labute approximate surface area is 91.3 Å². The van der Waals surface area contributed by atoms with Crippen molar-refractivity contribution in [3.8, 4) is 0 Å². The van der Waals surface area contributed by atoms with E-state index in [-0.39, 0.29) is 0 Å². The number of rotatable bonds is 8. The Hall–Kier alpha value is -0.940. The van der Waals surface area contributed by atoms with E-state index in [1.807, 2.05) is 4.68 Å². The first-order valence-electron chi connectivity index (χ1n) is 5.55. The van der Waals surface area contributed by atoms with Crippen LogP contribution in [-0.2, 0) is 6.54 Å². The standard InChI is InChI=1S/C10H21N5/c1-10(2)13-5-3-4-11-6-7-15-9-12-8-14-15/h8-11,13H,3-7H2,1-2H3. The Morgan fingerprint density at radius 1 is 1.27 bits per heavy atom. The van der Waals surface area contributed by atoms with Gasteiger partial charge in [-0.2, -0.15) is 5.10 Å². The summed E-state index contributed by atoms with van der Waals surface area (Å²) in [6, 6.07) is 0.583. The summed E-state index contributed by atoms with van der Waals surface area (Å²) in [5.74, 6) is 0. The smallest absolute Gasteiger partial charge is 0.137 e. The molecule has 0 aromatic carbocycles. The maximum Gasteiger partial charge on any atom is 0.137 e. The molecule has 2 N–H and O–H groups in total. The predicted molar refractivity (Wildman–Crippen MR) is 60.6 cm³/mol. The Kier molecular flexibility index (Phi) is 5.96. The summed E-state index contributed by atoms with van der Waals surface area (Å²) in [4.78, 5) is 3.88. The molecule has 0 amide bonds. The topological polar surface area (TPSA) is 54.8 Å². The number of aromatic nitrogens is 3. The zero-order chi connectivity index (χ0) is 10.9. The molecular formula is C10H21N5. The van der Waals surface area contributed by atoms with Gasteiger partial charge in [0.25, 0.3) is 0 Å². The molecular weight excluding hydrogens is 190 g/mol. The summed E-state index contributed by atoms with van der Waals surface area (Å²) >= 11 is 0. The van der Waals surface area contributed by atoms with Crippen LogP contribution >= 0.6 is 0 Å². The fourth-order valence-corrected chi connectivity index (χ4v) is 1.27. The molecule has 0 aliphatic heterocycles. The van der Waals surface area contributed by atoms with E-state index < -0.39 is 0 Å². The number of hydrogen-bond acceptors (Lipinski definition) is 4. The largest absolute Gasteiger partial charge is 0.315 e. The van der Waals surface area contributed by atoms with Crippen LogP contribution in [0.5, 0.6) is 0 Å². The SMILES string of the molecule is CC(C)NCCCNCCn1cncn1. The van der Waals surface area contributed by atoms with Crippen molar-refractivity contribution < 1.29 is 0 Å². The molecule has 0 unspecified atom stereocenters. The highest BCUT2D eigenvalue weighted by atomic mass is 15.3. The first kappa shape index (κ1) is 12.1. The maximum absolute atomic E-state index is 4.03. The molecule has 0 spiro atoms. The van der Waals surface area contributed by atoms with Gasteiger partial charge in [-0.15, -0.1) is 0 Å². The van der Waals surface area contributed by atoms with Crippen molar-refractivity contribution in [3.05, 3.63) is 12.7 Å². The fraction of sp³-hybridized carbons (Fsp3) is 0.800. The van der Waals surface area contributed by atoms with Crippen molar-refractivity contribution in [2.24, 2.45) is 0 Å². The summed E-state index contributed by atoms with van der Waals surface area (Å²) in [7, 11) is 0. The molecule has 0 aliphatic rings. The molecule has 5 heteroatoms. The summed E-state index contributed by atoms with van der Waals surface area (Å²) in [5.41, 5.74) is 0. The van der Waals surface area contributed by atoms with Gasteiger partial charge in [0.1, 0.15) is 12.7 Å². The molecule has 0 saturated carbocycles. The molecule has 0 saturated heterocycles. The monoisotopic (exact) mass is 211 g/mol. The minimum atomic E-state index is 0.583. The molecule has 0 bridgehead atoms. The van der Waals surface area contributed by atoms with Crippen molar-refractivity contribution in [1.29, 1.82) is 0 Å². The fourth-order valence-electron chi connectivity index (χ4n) is 1.27. The molecule has 0 radical (unpaired) electrons. The van der Waals surface area contributed by atoms with E-state index in [1.165, 1.54) is 0 Å². The van der Waals surface area contributed by atoms with Gasteiger partial charge in [-0.1, -0.05) is 13.8 Å². The van der Waals surface area contributed by atoms with E-state index in [4.69, 9.17) is 0 Å². The Morgan fingerprint density at radius 3 is 2.80 bits per heavy atom. The van der Waals surface area contributed by atoms with E-state index in [2.05, 4.69) is 34.6 Å². The third-order valence-corrected chi connectivity index (χ3v) is 2.07. The van der Waals surface area contributed by atoms with Gasteiger partial charge in [0.05, 0.1) is 6.54 Å². The van der Waals surface area contributed by atoms with Crippen molar-refractivity contribution in [3.63, 3.8) is 0 Å². The Bertz CT molecular complexity index is 232. The number of hydrogen-bond donors (Lipinski definition) is 2. The molecule has 1 rings (SSSR count). The average Bonchev–Trinajstić information content (AvgIpc) is 2.68. The first-order valence-corrected chi connectivity index (χ1v) is 5.55. The molecule has 5 nitrogen and oxygen atoms in total. The molecule has 1 aromatic rings. The summed E-state index contributed by atoms with van der Waals surface area (Å²) in [5, 5.41) is 10.8. The van der Waals surface area contributed by atoms with Crippen LogP contribution in [0.1, 0.15) is 20.3 Å². The quantitative estimate of drug-likeness (QED) is 0.605. The van der Waals surface area contributed by atoms with Crippen molar-refractivity contribution in [2.45, 2.75) is 32.9 Å². The maximum atomic E-state index is 4.03. The highest BCUT2D eigenvalue weighted by Gasteiger charge is 1.93. The highest BCUT2D eigenvalue weighted by Crippen LogP contribution is 1.81. The second kappa shape index (κ2) is 7.36. The summed E-state index contributed by atoms with van der Waals surface area (Å²) < 4.78 is 1.83. The minimum absolute atomic E-state index is 0.583. The number of nitrogens with one attached hydrogen (secondary N) is 2. The van der Waals surface area contributed by atoms with Crippen molar-refractivity contribution in [2.75, 3.05) is 19.6 Å². The van der Waals surface area contributed by atoms with E-state index in [1.54, 1.807) is 12.7 Å². The van der Waals surface area contributed by atoms with Gasteiger partial charge in [-0.25, -0.2) is 4.98 Å². The van der Waals surface area contributed by atoms with E-state index in [0.717, 1.165) is 32.6 Å². The molecule has 15 heavy (non-hydrogen) atoms. The molecule has 0 fully saturated rings. The van der Waals surface area contributed by atoms with Crippen LogP contribution in [0, 0.1) is 0 Å². The minimum Gasteiger partial charge on any atom is -0.315 e. The Balaban J connectivity index is 1.85. The lowest BCUT2D eigenvalue weighted by atomic mass is 10.3. The van der Waals surface area contributed by atoms with Crippen LogP contribution in [0.2, 0.25) is 0 Å². The summed E-state index contributed by atoms with van der Waals surface area (Å²) in [6.45, 7) is 8.29. The van der Waals surface area contributed by atoms with Crippen molar-refractivity contribution in [1.82, 2.24) is 25.4 Å². The lowest BCUT2D eigenvalue weighted by Crippen LogP contribution is -2.28. The third kappa shape index (κ3) is 6.19. The lowest BCUT2D eigenvalue weighted by Gasteiger charge is -2.08. The van der Waals surface area contributed by atoms with Gasteiger partial charge in [0.2, 0.25) is 0 Å². The predicted octanol–water partition coefficient (Wildman–Crippen LogP) is 0.256. The van der Waals surface area contributed by atoms with Crippen molar-refractivity contribution >= 4 is 0 Å². The number of nitrogens with zero attached hydrogens (tertiary/aromatic N) is 3. The molecule has 86 valence electrons.